The van der Waals surface area contributed by atoms with Crippen molar-refractivity contribution in [3.63, 3.8) is 0 Å². The fraction of sp³-hybridized carbons (Fsp3) is 0.200. The van der Waals surface area contributed by atoms with Gasteiger partial charge in [-0.3, -0.25) is 0 Å². The summed E-state index contributed by atoms with van der Waals surface area (Å²) in [6, 6.07) is 14.8. The molecule has 0 fully saturated rings. The van der Waals surface area contributed by atoms with E-state index in [1.165, 1.54) is 7.11 Å². The van der Waals surface area contributed by atoms with Gasteiger partial charge in [-0.05, 0) is 48.4 Å². The molecule has 0 atom stereocenters. The maximum absolute atomic E-state index is 11.5. The van der Waals surface area contributed by atoms with Crippen molar-refractivity contribution in [2.45, 2.75) is 6.42 Å². The first-order valence-corrected chi connectivity index (χ1v) is 8.70. The molecule has 2 N–H and O–H groups in total. The van der Waals surface area contributed by atoms with Gasteiger partial charge in [0, 0.05) is 12.2 Å². The Morgan fingerprint density at radius 1 is 1.11 bits per heavy atom. The Morgan fingerprint density at radius 2 is 1.93 bits per heavy atom. The Morgan fingerprint density at radius 3 is 2.68 bits per heavy atom. The minimum absolute atomic E-state index is 0.359. The zero-order valence-electron chi connectivity index (χ0n) is 15.7. The van der Waals surface area contributed by atoms with Crippen molar-refractivity contribution in [2.75, 3.05) is 31.4 Å². The summed E-state index contributed by atoms with van der Waals surface area (Å²) in [5.41, 5.74) is 2.38. The third kappa shape index (κ3) is 5.16. The second-order valence-corrected chi connectivity index (χ2v) is 5.89. The molecule has 2 aromatic carbocycles. The number of methoxy groups -OCH3 is 2. The lowest BCUT2D eigenvalue weighted by molar-refractivity contribution is 0.0601. The fourth-order valence-corrected chi connectivity index (χ4v) is 2.54. The number of anilines is 3. The minimum Gasteiger partial charge on any atom is -0.497 e. The third-order valence-corrected chi connectivity index (χ3v) is 3.97. The van der Waals surface area contributed by atoms with Crippen molar-refractivity contribution in [1.29, 1.82) is 0 Å². The van der Waals surface area contributed by atoms with Crippen molar-refractivity contribution in [3.05, 3.63) is 65.9 Å². The lowest BCUT2D eigenvalue weighted by Crippen LogP contribution is -2.09. The lowest BCUT2D eigenvalue weighted by atomic mass is 10.1. The molecule has 3 rings (SSSR count). The molecule has 0 saturated carbocycles. The number of nitrogens with one attached hydrogen (secondary N) is 2. The number of hydrogen-bond donors (Lipinski definition) is 2. The molecule has 0 amide bonds. The van der Waals surface area contributed by atoms with Gasteiger partial charge in [-0.2, -0.15) is 10.1 Å². The van der Waals surface area contributed by atoms with Crippen LogP contribution in [-0.4, -0.2) is 41.9 Å². The number of nitrogens with zero attached hydrogens (tertiary/aromatic N) is 3. The van der Waals surface area contributed by atoms with Crippen molar-refractivity contribution < 1.29 is 14.3 Å². The predicted molar refractivity (Wildman–Crippen MR) is 106 cm³/mol. The molecular weight excluding hydrogens is 358 g/mol. The number of carbonyl (C=O) groups is 1. The van der Waals surface area contributed by atoms with Gasteiger partial charge in [0.05, 0.1) is 26.0 Å². The molecule has 0 aliphatic heterocycles. The highest BCUT2D eigenvalue weighted by Crippen LogP contribution is 2.16. The Hall–Kier alpha value is -3.68. The first-order valence-electron chi connectivity index (χ1n) is 8.70. The first kappa shape index (κ1) is 19.1. The van der Waals surface area contributed by atoms with Gasteiger partial charge in [0.2, 0.25) is 5.95 Å². The number of rotatable bonds is 8. The van der Waals surface area contributed by atoms with Gasteiger partial charge in [0.1, 0.15) is 5.75 Å². The molecule has 0 bridgehead atoms. The molecule has 0 unspecified atom stereocenters. The van der Waals surface area contributed by atoms with Crippen LogP contribution in [0.15, 0.2) is 54.7 Å². The van der Waals surface area contributed by atoms with Crippen LogP contribution < -0.4 is 15.4 Å². The fourth-order valence-electron chi connectivity index (χ4n) is 2.54. The second kappa shape index (κ2) is 9.31. The molecule has 3 aromatic rings. The zero-order valence-corrected chi connectivity index (χ0v) is 15.7. The second-order valence-electron chi connectivity index (χ2n) is 5.89. The highest BCUT2D eigenvalue weighted by Gasteiger charge is 2.06. The van der Waals surface area contributed by atoms with E-state index in [0.717, 1.165) is 23.4 Å². The summed E-state index contributed by atoms with van der Waals surface area (Å²) in [6.07, 6.45) is 2.38. The van der Waals surface area contributed by atoms with E-state index in [0.29, 0.717) is 23.9 Å². The maximum atomic E-state index is 11.5. The Kier molecular flexibility index (Phi) is 6.35. The van der Waals surface area contributed by atoms with Crippen molar-refractivity contribution in [1.82, 2.24) is 15.2 Å². The number of carbonyl (C=O) groups excluding carboxylic acids is 1. The topological polar surface area (TPSA) is 98.3 Å². The number of benzene rings is 2. The summed E-state index contributed by atoms with van der Waals surface area (Å²) in [6.45, 7) is 0.694. The number of hydrogen-bond acceptors (Lipinski definition) is 8. The van der Waals surface area contributed by atoms with Crippen LogP contribution in [0.5, 0.6) is 5.75 Å². The van der Waals surface area contributed by atoms with Crippen LogP contribution >= 0.6 is 0 Å². The summed E-state index contributed by atoms with van der Waals surface area (Å²) in [5.74, 6) is 1.43. The summed E-state index contributed by atoms with van der Waals surface area (Å²) >= 11 is 0. The molecule has 0 radical (unpaired) electrons. The monoisotopic (exact) mass is 379 g/mol. The standard InChI is InChI=1S/C20H21N5O3/c1-27-17-5-3-4-14(12-17)10-11-21-18-13-22-25-20(24-18)23-16-8-6-15(7-9-16)19(26)28-2/h3-9,12-13H,10-11H2,1-2H3,(H2,21,23,24,25). The van der Waals surface area contributed by atoms with E-state index in [1.807, 2.05) is 24.3 Å². The van der Waals surface area contributed by atoms with Crippen molar-refractivity contribution >= 4 is 23.4 Å². The van der Waals surface area contributed by atoms with Gasteiger partial charge in [-0.25, -0.2) is 4.79 Å². The Labute approximate surface area is 162 Å². The van der Waals surface area contributed by atoms with Crippen LogP contribution in [0.4, 0.5) is 17.5 Å². The van der Waals surface area contributed by atoms with Gasteiger partial charge in [0.15, 0.2) is 5.82 Å². The van der Waals surface area contributed by atoms with E-state index >= 15 is 0 Å². The van der Waals surface area contributed by atoms with Crippen LogP contribution in [0, 0.1) is 0 Å². The molecule has 0 spiro atoms. The molecule has 8 heteroatoms. The van der Waals surface area contributed by atoms with Gasteiger partial charge in [-0.1, -0.05) is 12.1 Å². The maximum Gasteiger partial charge on any atom is 0.337 e. The number of esters is 1. The lowest BCUT2D eigenvalue weighted by Gasteiger charge is -2.09. The Balaban J connectivity index is 1.57. The minimum atomic E-state index is -0.383. The van der Waals surface area contributed by atoms with Gasteiger partial charge in [-0.15, -0.1) is 5.10 Å². The van der Waals surface area contributed by atoms with Crippen LogP contribution in [-0.2, 0) is 11.2 Å². The molecular formula is C20H21N5O3. The molecule has 0 saturated heterocycles. The van der Waals surface area contributed by atoms with Crippen molar-refractivity contribution in [2.24, 2.45) is 0 Å². The summed E-state index contributed by atoms with van der Waals surface area (Å²) in [7, 11) is 3.00. The van der Waals surface area contributed by atoms with Crippen LogP contribution in [0.2, 0.25) is 0 Å². The van der Waals surface area contributed by atoms with E-state index in [1.54, 1.807) is 37.6 Å². The third-order valence-electron chi connectivity index (χ3n) is 3.97. The normalized spacial score (nSPS) is 10.2. The molecule has 1 aromatic heterocycles. The summed E-state index contributed by atoms with van der Waals surface area (Å²) in [4.78, 5) is 15.9. The van der Waals surface area contributed by atoms with E-state index in [4.69, 9.17) is 4.74 Å². The van der Waals surface area contributed by atoms with E-state index in [2.05, 4.69) is 30.6 Å². The summed E-state index contributed by atoms with van der Waals surface area (Å²) < 4.78 is 9.92. The summed E-state index contributed by atoms with van der Waals surface area (Å²) in [5, 5.41) is 14.2. The SMILES string of the molecule is COC(=O)c1ccc(Nc2nncc(NCCc3cccc(OC)c3)n2)cc1. The van der Waals surface area contributed by atoms with Crippen molar-refractivity contribution in [3.8, 4) is 5.75 Å². The molecule has 1 heterocycles. The largest absolute Gasteiger partial charge is 0.497 e. The molecule has 0 aliphatic rings. The molecule has 144 valence electrons. The van der Waals surface area contributed by atoms with Crippen LogP contribution in [0.3, 0.4) is 0 Å². The first-order chi connectivity index (χ1) is 13.7. The van der Waals surface area contributed by atoms with Crippen LogP contribution in [0.25, 0.3) is 0 Å². The molecule has 8 nitrogen and oxygen atoms in total. The van der Waals surface area contributed by atoms with Crippen LogP contribution in [0.1, 0.15) is 15.9 Å². The molecule has 0 aliphatic carbocycles. The Bertz CT molecular complexity index is 931. The van der Waals surface area contributed by atoms with Gasteiger partial charge in [0.25, 0.3) is 0 Å². The van der Waals surface area contributed by atoms with E-state index in [-0.39, 0.29) is 5.97 Å². The average molecular weight is 379 g/mol. The quantitative estimate of drug-likeness (QED) is 0.576. The predicted octanol–water partition coefficient (Wildman–Crippen LogP) is 3.07. The zero-order chi connectivity index (χ0) is 19.8. The van der Waals surface area contributed by atoms with E-state index < -0.39 is 0 Å². The van der Waals surface area contributed by atoms with Gasteiger partial charge < -0.3 is 20.1 Å². The van der Waals surface area contributed by atoms with E-state index in [9.17, 15) is 4.79 Å². The van der Waals surface area contributed by atoms with Gasteiger partial charge >= 0.3 is 5.97 Å². The number of ether oxygens (including phenoxy) is 2. The average Bonchev–Trinajstić information content (AvgIpc) is 2.74. The molecule has 28 heavy (non-hydrogen) atoms. The highest BCUT2D eigenvalue weighted by atomic mass is 16.5. The highest BCUT2D eigenvalue weighted by molar-refractivity contribution is 5.89. The smallest absolute Gasteiger partial charge is 0.337 e. The number of aromatic nitrogens is 3.